The Labute approximate surface area is 131 Å². The standard InChI is InChI=1S/C16H34.C4H10/c1-3-5-7-9-11-13-15-16-14-12-10-8-6-4-2;1-4(2)3/h3-16H2,1-2H3;4H,1-3H3. The molecule has 0 bridgehead atoms. The van der Waals surface area contributed by atoms with Crippen LogP contribution in [0.2, 0.25) is 0 Å². The topological polar surface area (TPSA) is 0 Å². The third-order valence-electron chi connectivity index (χ3n) is 3.46. The number of hydrogen-bond donors (Lipinski definition) is 0. The molecular formula is C20H44. The van der Waals surface area contributed by atoms with Gasteiger partial charge < -0.3 is 0 Å². The Kier molecular flexibility index (Phi) is 23.7. The molecule has 0 nitrogen and oxygen atoms in total. The molecule has 0 aliphatic rings. The molecule has 20 heavy (non-hydrogen) atoms. The van der Waals surface area contributed by atoms with Gasteiger partial charge in [0.2, 0.25) is 0 Å². The van der Waals surface area contributed by atoms with Crippen LogP contribution in [0.5, 0.6) is 0 Å². The van der Waals surface area contributed by atoms with Crippen LogP contribution in [0.15, 0.2) is 0 Å². The van der Waals surface area contributed by atoms with Crippen LogP contribution in [0, 0.1) is 5.92 Å². The van der Waals surface area contributed by atoms with Crippen LogP contribution in [0.3, 0.4) is 0 Å². The molecule has 0 aliphatic heterocycles. The average Bonchev–Trinajstić information content (AvgIpc) is 2.39. The zero-order valence-corrected chi connectivity index (χ0v) is 15.5. The lowest BCUT2D eigenvalue weighted by Crippen LogP contribution is -1.82. The minimum Gasteiger partial charge on any atom is -0.0654 e. The third kappa shape index (κ3) is 30.8. The van der Waals surface area contributed by atoms with Crippen molar-refractivity contribution in [1.82, 2.24) is 0 Å². The van der Waals surface area contributed by atoms with Gasteiger partial charge in [-0.1, -0.05) is 125 Å². The number of unbranched alkanes of at least 4 members (excludes halogenated alkanes) is 13. The lowest BCUT2D eigenvalue weighted by Gasteiger charge is -2.02. The van der Waals surface area contributed by atoms with Gasteiger partial charge in [0, 0.05) is 0 Å². The van der Waals surface area contributed by atoms with Crippen LogP contribution < -0.4 is 0 Å². The fourth-order valence-electron chi connectivity index (χ4n) is 2.27. The van der Waals surface area contributed by atoms with Gasteiger partial charge >= 0.3 is 0 Å². The predicted molar refractivity (Wildman–Crippen MR) is 96.5 cm³/mol. The summed E-state index contributed by atoms with van der Waals surface area (Å²) in [6, 6.07) is 0. The molecule has 0 saturated heterocycles. The first-order valence-electron chi connectivity index (χ1n) is 9.65. The van der Waals surface area contributed by atoms with Gasteiger partial charge in [-0.05, 0) is 5.92 Å². The molecule has 0 aromatic carbocycles. The Bertz CT molecular complexity index is 120. The molecule has 0 heterocycles. The van der Waals surface area contributed by atoms with E-state index in [1.807, 2.05) is 0 Å². The Morgan fingerprint density at radius 2 is 0.550 bits per heavy atom. The maximum atomic E-state index is 2.29. The van der Waals surface area contributed by atoms with E-state index in [0.29, 0.717) is 0 Å². The smallest absolute Gasteiger partial charge is 0.0500 e. The van der Waals surface area contributed by atoms with E-state index < -0.39 is 0 Å². The van der Waals surface area contributed by atoms with Crippen molar-refractivity contribution in [2.24, 2.45) is 5.92 Å². The van der Waals surface area contributed by atoms with Gasteiger partial charge in [0.05, 0.1) is 0 Å². The van der Waals surface area contributed by atoms with Gasteiger partial charge in [-0.2, -0.15) is 0 Å². The largest absolute Gasteiger partial charge is 0.0654 e. The van der Waals surface area contributed by atoms with E-state index >= 15 is 0 Å². The monoisotopic (exact) mass is 284 g/mol. The average molecular weight is 285 g/mol. The van der Waals surface area contributed by atoms with E-state index in [4.69, 9.17) is 0 Å². The molecule has 0 aliphatic carbocycles. The summed E-state index contributed by atoms with van der Waals surface area (Å²) in [7, 11) is 0. The SMILES string of the molecule is CC(C)C.CCCCCCCCCCCCCCCC. The van der Waals surface area contributed by atoms with Crippen molar-refractivity contribution in [2.75, 3.05) is 0 Å². The lowest BCUT2D eigenvalue weighted by molar-refractivity contribution is 0.538. The van der Waals surface area contributed by atoms with Crippen molar-refractivity contribution in [3.8, 4) is 0 Å². The predicted octanol–water partition coefficient (Wildman–Crippen LogP) is 8.15. The third-order valence-corrected chi connectivity index (χ3v) is 3.46. The second-order valence-corrected chi connectivity index (χ2v) is 6.97. The zero-order chi connectivity index (χ0) is 15.5. The van der Waals surface area contributed by atoms with Crippen LogP contribution >= 0.6 is 0 Å². The maximum absolute atomic E-state index is 2.29. The molecule has 124 valence electrons. The molecule has 0 amide bonds. The highest BCUT2D eigenvalue weighted by molar-refractivity contribution is 4.48. The molecule has 0 N–H and O–H groups in total. The summed E-state index contributed by atoms with van der Waals surface area (Å²) >= 11 is 0. The summed E-state index contributed by atoms with van der Waals surface area (Å²) in [4.78, 5) is 0. The van der Waals surface area contributed by atoms with Crippen molar-refractivity contribution >= 4 is 0 Å². The normalized spacial score (nSPS) is 10.5. The van der Waals surface area contributed by atoms with Crippen molar-refractivity contribution in [1.29, 1.82) is 0 Å². The molecule has 0 atom stereocenters. The van der Waals surface area contributed by atoms with E-state index in [0.717, 1.165) is 5.92 Å². The first-order chi connectivity index (χ1) is 9.65. The number of rotatable bonds is 13. The Morgan fingerprint density at radius 1 is 0.400 bits per heavy atom. The molecule has 0 rings (SSSR count). The van der Waals surface area contributed by atoms with Gasteiger partial charge in [-0.25, -0.2) is 0 Å². The summed E-state index contributed by atoms with van der Waals surface area (Å²) in [5, 5.41) is 0. The van der Waals surface area contributed by atoms with Crippen molar-refractivity contribution in [3.05, 3.63) is 0 Å². The minimum absolute atomic E-state index is 0.833. The summed E-state index contributed by atoms with van der Waals surface area (Å²) in [5.74, 6) is 0.833. The Morgan fingerprint density at radius 3 is 0.700 bits per heavy atom. The van der Waals surface area contributed by atoms with Crippen molar-refractivity contribution in [3.63, 3.8) is 0 Å². The van der Waals surface area contributed by atoms with Crippen LogP contribution in [0.4, 0.5) is 0 Å². The first-order valence-corrected chi connectivity index (χ1v) is 9.65. The van der Waals surface area contributed by atoms with Gasteiger partial charge in [-0.3, -0.25) is 0 Å². The quantitative estimate of drug-likeness (QED) is 0.299. The van der Waals surface area contributed by atoms with E-state index in [1.165, 1.54) is 89.9 Å². The molecule has 0 heteroatoms. The van der Waals surface area contributed by atoms with Crippen LogP contribution in [-0.4, -0.2) is 0 Å². The van der Waals surface area contributed by atoms with E-state index in [9.17, 15) is 0 Å². The van der Waals surface area contributed by atoms with E-state index in [2.05, 4.69) is 34.6 Å². The molecule has 0 fully saturated rings. The maximum Gasteiger partial charge on any atom is -0.0500 e. The second kappa shape index (κ2) is 21.3. The van der Waals surface area contributed by atoms with E-state index in [-0.39, 0.29) is 0 Å². The van der Waals surface area contributed by atoms with Crippen LogP contribution in [0.1, 0.15) is 125 Å². The highest BCUT2D eigenvalue weighted by Gasteiger charge is 1.92. The molecule has 0 unspecified atom stereocenters. The minimum atomic E-state index is 0.833. The van der Waals surface area contributed by atoms with Crippen LogP contribution in [-0.2, 0) is 0 Å². The molecule has 0 spiro atoms. The highest BCUT2D eigenvalue weighted by atomic mass is 14.0. The number of hydrogen-bond acceptors (Lipinski definition) is 0. The first kappa shape index (κ1) is 22.3. The Hall–Kier alpha value is 0. The molecule has 0 aromatic heterocycles. The lowest BCUT2D eigenvalue weighted by atomic mass is 10.0. The van der Waals surface area contributed by atoms with Crippen LogP contribution in [0.25, 0.3) is 0 Å². The second-order valence-electron chi connectivity index (χ2n) is 6.97. The molecule has 0 saturated carbocycles. The fourth-order valence-corrected chi connectivity index (χ4v) is 2.27. The van der Waals surface area contributed by atoms with Gasteiger partial charge in [0.15, 0.2) is 0 Å². The summed E-state index contributed by atoms with van der Waals surface area (Å²) < 4.78 is 0. The summed E-state index contributed by atoms with van der Waals surface area (Å²) in [5.41, 5.74) is 0. The van der Waals surface area contributed by atoms with E-state index in [1.54, 1.807) is 0 Å². The summed E-state index contributed by atoms with van der Waals surface area (Å²) in [6.07, 6.45) is 20.4. The molecular weight excluding hydrogens is 240 g/mol. The van der Waals surface area contributed by atoms with Gasteiger partial charge in [-0.15, -0.1) is 0 Å². The highest BCUT2D eigenvalue weighted by Crippen LogP contribution is 2.12. The Balaban J connectivity index is 0. The van der Waals surface area contributed by atoms with Crippen molar-refractivity contribution in [2.45, 2.75) is 125 Å². The molecule has 0 aromatic rings. The van der Waals surface area contributed by atoms with Crippen molar-refractivity contribution < 1.29 is 0 Å². The van der Waals surface area contributed by atoms with Gasteiger partial charge in [0.1, 0.15) is 0 Å². The summed E-state index contributed by atoms with van der Waals surface area (Å²) in [6.45, 7) is 11.1. The van der Waals surface area contributed by atoms with Gasteiger partial charge in [0.25, 0.3) is 0 Å². The molecule has 0 radical (unpaired) electrons. The zero-order valence-electron chi connectivity index (χ0n) is 15.5. The fraction of sp³-hybridized carbons (Fsp3) is 1.00.